The zero-order chi connectivity index (χ0) is 14.4. The number of nitrogens with zero attached hydrogens (tertiary/aromatic N) is 1. The molecule has 0 saturated heterocycles. The lowest BCUT2D eigenvalue weighted by atomic mass is 9.85. The van der Waals surface area contributed by atoms with Gasteiger partial charge in [-0.25, -0.2) is 0 Å². The van der Waals surface area contributed by atoms with Crippen molar-refractivity contribution in [3.05, 3.63) is 29.8 Å². The van der Waals surface area contributed by atoms with Crippen molar-refractivity contribution in [3.63, 3.8) is 0 Å². The summed E-state index contributed by atoms with van der Waals surface area (Å²) in [5.41, 5.74) is 0.997. The van der Waals surface area contributed by atoms with Gasteiger partial charge in [-0.05, 0) is 43.4 Å². The van der Waals surface area contributed by atoms with E-state index in [0.717, 1.165) is 11.3 Å². The lowest BCUT2D eigenvalue weighted by molar-refractivity contribution is 0.271. The molecular weight excluding hydrogens is 248 g/mol. The van der Waals surface area contributed by atoms with E-state index in [4.69, 9.17) is 4.74 Å². The van der Waals surface area contributed by atoms with Crippen molar-refractivity contribution in [1.82, 2.24) is 5.32 Å². The smallest absolute Gasteiger partial charge is 0.121 e. The Bertz CT molecular complexity index is 466. The van der Waals surface area contributed by atoms with Gasteiger partial charge in [0, 0.05) is 6.04 Å². The monoisotopic (exact) mass is 272 g/mol. The highest BCUT2D eigenvalue weighted by molar-refractivity contribution is 5.33. The Morgan fingerprint density at radius 2 is 2.20 bits per heavy atom. The summed E-state index contributed by atoms with van der Waals surface area (Å²) in [5, 5.41) is 13.0. The van der Waals surface area contributed by atoms with Crippen molar-refractivity contribution in [2.75, 3.05) is 6.61 Å². The summed E-state index contributed by atoms with van der Waals surface area (Å²) in [7, 11) is 0. The van der Waals surface area contributed by atoms with Gasteiger partial charge < -0.3 is 4.74 Å². The second kappa shape index (κ2) is 7.31. The van der Waals surface area contributed by atoms with Gasteiger partial charge in [-0.1, -0.05) is 31.9 Å². The number of rotatable bonds is 5. The van der Waals surface area contributed by atoms with Crippen LogP contribution in [0.15, 0.2) is 24.3 Å². The first kappa shape index (κ1) is 14.9. The Morgan fingerprint density at radius 1 is 1.40 bits per heavy atom. The van der Waals surface area contributed by atoms with Crippen LogP contribution < -0.4 is 10.1 Å². The maximum Gasteiger partial charge on any atom is 0.121 e. The van der Waals surface area contributed by atoms with E-state index in [2.05, 4.69) is 18.3 Å². The van der Waals surface area contributed by atoms with Crippen LogP contribution in [0.1, 0.15) is 51.1 Å². The van der Waals surface area contributed by atoms with Gasteiger partial charge in [0.25, 0.3) is 0 Å². The average Bonchev–Trinajstić information content (AvgIpc) is 2.47. The molecule has 0 spiro atoms. The minimum absolute atomic E-state index is 0.249. The first-order valence-electron chi connectivity index (χ1n) is 7.63. The summed E-state index contributed by atoms with van der Waals surface area (Å²) in [6, 6.07) is 10.4. The molecule has 1 aliphatic carbocycles. The average molecular weight is 272 g/mol. The molecule has 3 nitrogen and oxygen atoms in total. The second-order valence-corrected chi connectivity index (χ2v) is 5.60. The molecule has 0 bridgehead atoms. The third-order valence-corrected chi connectivity index (χ3v) is 4.12. The van der Waals surface area contributed by atoms with E-state index in [1.807, 2.05) is 31.2 Å². The van der Waals surface area contributed by atoms with Gasteiger partial charge in [-0.15, -0.1) is 0 Å². The van der Waals surface area contributed by atoms with Gasteiger partial charge >= 0.3 is 0 Å². The first-order chi connectivity index (χ1) is 9.74. The van der Waals surface area contributed by atoms with Gasteiger partial charge in [-0.3, -0.25) is 5.32 Å². The van der Waals surface area contributed by atoms with Crippen LogP contribution in [0.2, 0.25) is 0 Å². The molecule has 0 aliphatic heterocycles. The lowest BCUT2D eigenvalue weighted by Gasteiger charge is -2.31. The molecule has 1 aromatic rings. The fourth-order valence-corrected chi connectivity index (χ4v) is 2.94. The van der Waals surface area contributed by atoms with E-state index in [-0.39, 0.29) is 6.04 Å². The number of benzene rings is 1. The molecule has 1 saturated carbocycles. The predicted octanol–water partition coefficient (Wildman–Crippen LogP) is 3.82. The highest BCUT2D eigenvalue weighted by atomic mass is 16.5. The summed E-state index contributed by atoms with van der Waals surface area (Å²) in [5.74, 6) is 1.48. The van der Waals surface area contributed by atoms with Crippen molar-refractivity contribution in [2.45, 2.75) is 51.6 Å². The molecule has 2 rings (SSSR count). The third-order valence-electron chi connectivity index (χ3n) is 4.12. The molecule has 20 heavy (non-hydrogen) atoms. The molecule has 0 aromatic heterocycles. The Balaban J connectivity index is 2.07. The minimum atomic E-state index is -0.249. The predicted molar refractivity (Wildman–Crippen MR) is 80.5 cm³/mol. The van der Waals surface area contributed by atoms with E-state index in [1.54, 1.807) is 0 Å². The lowest BCUT2D eigenvalue weighted by Crippen LogP contribution is -2.39. The number of hydrogen-bond donors (Lipinski definition) is 1. The minimum Gasteiger partial charge on any atom is -0.494 e. The van der Waals surface area contributed by atoms with Crippen LogP contribution in [-0.2, 0) is 0 Å². The highest BCUT2D eigenvalue weighted by Gasteiger charge is 2.24. The Labute approximate surface area is 121 Å². The molecule has 1 N–H and O–H groups in total. The highest BCUT2D eigenvalue weighted by Crippen LogP contribution is 2.27. The fraction of sp³-hybridized carbons (Fsp3) is 0.588. The summed E-state index contributed by atoms with van der Waals surface area (Å²) in [4.78, 5) is 0. The van der Waals surface area contributed by atoms with Crippen molar-refractivity contribution in [2.24, 2.45) is 5.92 Å². The van der Waals surface area contributed by atoms with Crippen molar-refractivity contribution < 1.29 is 4.74 Å². The van der Waals surface area contributed by atoms with Crippen LogP contribution in [0.4, 0.5) is 0 Å². The van der Waals surface area contributed by atoms with Crippen LogP contribution in [0, 0.1) is 17.2 Å². The topological polar surface area (TPSA) is 45.0 Å². The largest absolute Gasteiger partial charge is 0.494 e. The van der Waals surface area contributed by atoms with Gasteiger partial charge in [0.05, 0.1) is 12.7 Å². The molecule has 1 fully saturated rings. The number of nitriles is 1. The van der Waals surface area contributed by atoms with Crippen LogP contribution in [-0.4, -0.2) is 12.6 Å². The SMILES string of the molecule is CCOc1cccc(C(C#N)NC2CCCCC2C)c1. The van der Waals surface area contributed by atoms with Gasteiger partial charge in [0.15, 0.2) is 0 Å². The van der Waals surface area contributed by atoms with E-state index in [0.29, 0.717) is 18.6 Å². The maximum atomic E-state index is 9.46. The molecule has 3 unspecified atom stereocenters. The van der Waals surface area contributed by atoms with E-state index in [9.17, 15) is 5.26 Å². The fourth-order valence-electron chi connectivity index (χ4n) is 2.94. The first-order valence-corrected chi connectivity index (χ1v) is 7.63. The summed E-state index contributed by atoms with van der Waals surface area (Å²) >= 11 is 0. The normalized spacial score (nSPS) is 23.9. The molecular formula is C17H24N2O. The molecule has 0 heterocycles. The number of hydrogen-bond acceptors (Lipinski definition) is 3. The van der Waals surface area contributed by atoms with Crippen molar-refractivity contribution >= 4 is 0 Å². The summed E-state index contributed by atoms with van der Waals surface area (Å²) in [6.07, 6.45) is 5.01. The molecule has 108 valence electrons. The van der Waals surface area contributed by atoms with Crippen molar-refractivity contribution in [3.8, 4) is 11.8 Å². The van der Waals surface area contributed by atoms with Gasteiger partial charge in [-0.2, -0.15) is 5.26 Å². The Kier molecular flexibility index (Phi) is 5.43. The molecule has 1 aromatic carbocycles. The second-order valence-electron chi connectivity index (χ2n) is 5.60. The summed E-state index contributed by atoms with van der Waals surface area (Å²) < 4.78 is 5.52. The van der Waals surface area contributed by atoms with E-state index in [1.165, 1.54) is 25.7 Å². The Morgan fingerprint density at radius 3 is 2.90 bits per heavy atom. The molecule has 3 heteroatoms. The van der Waals surface area contributed by atoms with Crippen LogP contribution in [0.25, 0.3) is 0 Å². The third kappa shape index (κ3) is 3.74. The maximum absolute atomic E-state index is 9.46. The van der Waals surface area contributed by atoms with Crippen LogP contribution >= 0.6 is 0 Å². The quantitative estimate of drug-likeness (QED) is 0.886. The summed E-state index contributed by atoms with van der Waals surface area (Å²) in [6.45, 7) is 4.89. The van der Waals surface area contributed by atoms with E-state index < -0.39 is 0 Å². The van der Waals surface area contributed by atoms with Gasteiger partial charge in [0.1, 0.15) is 11.8 Å². The molecule has 3 atom stereocenters. The number of ether oxygens (including phenoxy) is 1. The van der Waals surface area contributed by atoms with Gasteiger partial charge in [0.2, 0.25) is 0 Å². The zero-order valence-electron chi connectivity index (χ0n) is 12.4. The zero-order valence-corrected chi connectivity index (χ0v) is 12.4. The van der Waals surface area contributed by atoms with Crippen molar-refractivity contribution in [1.29, 1.82) is 5.26 Å². The number of nitrogens with one attached hydrogen (secondary N) is 1. The van der Waals surface area contributed by atoms with Crippen LogP contribution in [0.3, 0.4) is 0 Å². The molecule has 0 radical (unpaired) electrons. The van der Waals surface area contributed by atoms with E-state index >= 15 is 0 Å². The molecule has 1 aliphatic rings. The Hall–Kier alpha value is -1.53. The van der Waals surface area contributed by atoms with Crippen LogP contribution in [0.5, 0.6) is 5.75 Å². The standard InChI is InChI=1S/C17H24N2O/c1-3-20-15-9-6-8-14(11-15)17(12-18)19-16-10-5-4-7-13(16)2/h6,8-9,11,13,16-17,19H,3-5,7,10H2,1-2H3. The molecule has 0 amide bonds.